The third-order valence-corrected chi connectivity index (χ3v) is 2.83. The van der Waals surface area contributed by atoms with E-state index >= 15 is 0 Å². The second-order valence-electron chi connectivity index (χ2n) is 3.96. The average Bonchev–Trinajstić information content (AvgIpc) is 3.03. The van der Waals surface area contributed by atoms with Crippen molar-refractivity contribution in [3.8, 4) is 5.82 Å². The number of nitrogens with zero attached hydrogens (tertiary/aromatic N) is 7. The van der Waals surface area contributed by atoms with Crippen molar-refractivity contribution in [1.82, 2.24) is 35.0 Å². The molecule has 0 aliphatic carbocycles. The summed E-state index contributed by atoms with van der Waals surface area (Å²) in [6.07, 6.45) is 1.81. The second kappa shape index (κ2) is 4.17. The molecule has 0 radical (unpaired) electrons. The summed E-state index contributed by atoms with van der Waals surface area (Å²) in [7, 11) is 0. The molecule has 0 bridgehead atoms. The molecule has 0 saturated carbocycles. The summed E-state index contributed by atoms with van der Waals surface area (Å²) in [6, 6.07) is 5.80. The second-order valence-corrected chi connectivity index (χ2v) is 3.96. The van der Waals surface area contributed by atoms with Gasteiger partial charge in [0, 0.05) is 5.69 Å². The third kappa shape index (κ3) is 1.64. The van der Waals surface area contributed by atoms with Crippen LogP contribution in [0, 0.1) is 0 Å². The van der Waals surface area contributed by atoms with Crippen LogP contribution in [0.15, 0.2) is 18.2 Å². The van der Waals surface area contributed by atoms with E-state index in [4.69, 9.17) is 0 Å². The summed E-state index contributed by atoms with van der Waals surface area (Å²) in [5.41, 5.74) is 2.82. The van der Waals surface area contributed by atoms with Crippen LogP contribution in [-0.2, 0) is 12.8 Å². The fourth-order valence-corrected chi connectivity index (χ4v) is 1.85. The van der Waals surface area contributed by atoms with Crippen molar-refractivity contribution >= 4 is 5.65 Å². The molecule has 3 aromatic rings. The lowest BCUT2D eigenvalue weighted by Crippen LogP contribution is -2.07. The fraction of sp³-hybridized carbons (Fsp3) is 0.364. The summed E-state index contributed by atoms with van der Waals surface area (Å²) in [5.74, 6) is 0.728. The molecule has 3 heterocycles. The molecular weight excluding hydrogens is 230 g/mol. The zero-order valence-corrected chi connectivity index (χ0v) is 10.3. The van der Waals surface area contributed by atoms with Crippen LogP contribution in [0.1, 0.15) is 25.2 Å². The first-order chi connectivity index (χ1) is 8.81. The largest absolute Gasteiger partial charge is 0.217 e. The van der Waals surface area contributed by atoms with Gasteiger partial charge in [-0.1, -0.05) is 13.8 Å². The van der Waals surface area contributed by atoms with Gasteiger partial charge in [-0.05, 0) is 41.5 Å². The molecule has 3 aromatic heterocycles. The SMILES string of the molecule is CCc1cc(CC)n(-c2ccc3nnnn3n2)n1. The molecule has 0 amide bonds. The van der Waals surface area contributed by atoms with Crippen molar-refractivity contribution in [2.45, 2.75) is 26.7 Å². The number of aryl methyl sites for hydroxylation is 2. The van der Waals surface area contributed by atoms with Gasteiger partial charge in [-0.3, -0.25) is 0 Å². The third-order valence-electron chi connectivity index (χ3n) is 2.83. The van der Waals surface area contributed by atoms with Gasteiger partial charge >= 0.3 is 0 Å². The van der Waals surface area contributed by atoms with Gasteiger partial charge in [0.2, 0.25) is 0 Å². The molecule has 0 N–H and O–H groups in total. The normalized spacial score (nSPS) is 11.2. The maximum absolute atomic E-state index is 4.53. The molecule has 18 heavy (non-hydrogen) atoms. The van der Waals surface area contributed by atoms with Crippen LogP contribution < -0.4 is 0 Å². The Morgan fingerprint density at radius 3 is 2.78 bits per heavy atom. The van der Waals surface area contributed by atoms with Crippen LogP contribution in [0.4, 0.5) is 0 Å². The van der Waals surface area contributed by atoms with Crippen molar-refractivity contribution in [2.75, 3.05) is 0 Å². The predicted octanol–water partition coefficient (Wildman–Crippen LogP) is 0.830. The van der Waals surface area contributed by atoms with E-state index in [-0.39, 0.29) is 0 Å². The van der Waals surface area contributed by atoms with E-state index in [1.54, 1.807) is 0 Å². The molecular formula is C11H13N7. The van der Waals surface area contributed by atoms with Gasteiger partial charge in [0.15, 0.2) is 11.5 Å². The van der Waals surface area contributed by atoms with Crippen molar-refractivity contribution in [3.05, 3.63) is 29.6 Å². The van der Waals surface area contributed by atoms with E-state index < -0.39 is 0 Å². The Morgan fingerprint density at radius 1 is 1.11 bits per heavy atom. The standard InChI is InChI=1S/C11H13N7/c1-3-8-7-9(4-2)17(13-8)11-6-5-10-12-15-16-18(10)14-11/h5-7H,3-4H2,1-2H3. The van der Waals surface area contributed by atoms with Crippen LogP contribution in [0.5, 0.6) is 0 Å². The summed E-state index contributed by atoms with van der Waals surface area (Å²) < 4.78 is 3.25. The molecule has 0 unspecified atom stereocenters. The first kappa shape index (κ1) is 10.8. The average molecular weight is 243 g/mol. The number of fused-ring (bicyclic) bond motifs is 1. The molecule has 0 saturated heterocycles. The number of tetrazole rings is 1. The van der Waals surface area contributed by atoms with Crippen LogP contribution >= 0.6 is 0 Å². The van der Waals surface area contributed by atoms with E-state index in [0.29, 0.717) is 5.65 Å². The maximum Gasteiger partial charge on any atom is 0.200 e. The van der Waals surface area contributed by atoms with Crippen LogP contribution in [0.2, 0.25) is 0 Å². The zero-order valence-electron chi connectivity index (χ0n) is 10.3. The summed E-state index contributed by atoms with van der Waals surface area (Å²) in [4.78, 5) is 0. The Balaban J connectivity index is 2.14. The first-order valence-electron chi connectivity index (χ1n) is 5.95. The lowest BCUT2D eigenvalue weighted by molar-refractivity contribution is 0.687. The Hall–Kier alpha value is -2.31. The predicted molar refractivity (Wildman–Crippen MR) is 64.5 cm³/mol. The van der Waals surface area contributed by atoms with Gasteiger partial charge in [0.25, 0.3) is 0 Å². The fourth-order valence-electron chi connectivity index (χ4n) is 1.85. The molecule has 7 nitrogen and oxygen atoms in total. The van der Waals surface area contributed by atoms with Crippen molar-refractivity contribution in [2.24, 2.45) is 0 Å². The van der Waals surface area contributed by atoms with Crippen LogP contribution in [0.3, 0.4) is 0 Å². The minimum Gasteiger partial charge on any atom is -0.217 e. The molecule has 0 fully saturated rings. The zero-order chi connectivity index (χ0) is 12.5. The smallest absolute Gasteiger partial charge is 0.200 e. The highest BCUT2D eigenvalue weighted by molar-refractivity contribution is 5.37. The summed E-state index contributed by atoms with van der Waals surface area (Å²) >= 11 is 0. The van der Waals surface area contributed by atoms with Gasteiger partial charge < -0.3 is 0 Å². The van der Waals surface area contributed by atoms with Crippen molar-refractivity contribution in [1.29, 1.82) is 0 Å². The minimum atomic E-state index is 0.625. The molecule has 0 aliphatic rings. The highest BCUT2D eigenvalue weighted by Crippen LogP contribution is 2.12. The maximum atomic E-state index is 4.53. The van der Waals surface area contributed by atoms with E-state index in [9.17, 15) is 0 Å². The quantitative estimate of drug-likeness (QED) is 0.681. The van der Waals surface area contributed by atoms with Gasteiger partial charge in [-0.2, -0.15) is 5.10 Å². The van der Waals surface area contributed by atoms with Crippen LogP contribution in [0.25, 0.3) is 11.5 Å². The van der Waals surface area contributed by atoms with Gasteiger partial charge in [0.1, 0.15) is 0 Å². The molecule has 0 atom stereocenters. The molecule has 7 heteroatoms. The molecule has 3 rings (SSSR count). The number of aromatic nitrogens is 7. The molecule has 0 aliphatic heterocycles. The molecule has 0 aromatic carbocycles. The Morgan fingerprint density at radius 2 is 2.00 bits per heavy atom. The van der Waals surface area contributed by atoms with Crippen LogP contribution in [-0.4, -0.2) is 35.0 Å². The lowest BCUT2D eigenvalue weighted by atomic mass is 10.2. The van der Waals surface area contributed by atoms with E-state index in [1.807, 2.05) is 16.8 Å². The Labute approximate surface area is 103 Å². The highest BCUT2D eigenvalue weighted by Gasteiger charge is 2.09. The van der Waals surface area contributed by atoms with E-state index in [0.717, 1.165) is 30.0 Å². The number of hydrogen-bond acceptors (Lipinski definition) is 5. The topological polar surface area (TPSA) is 73.8 Å². The highest BCUT2D eigenvalue weighted by atomic mass is 15.6. The summed E-state index contributed by atoms with van der Waals surface area (Å²) in [6.45, 7) is 4.19. The first-order valence-corrected chi connectivity index (χ1v) is 5.95. The van der Waals surface area contributed by atoms with Gasteiger partial charge in [0.05, 0.1) is 5.69 Å². The number of hydrogen-bond donors (Lipinski definition) is 0. The Bertz CT molecular complexity index is 682. The number of rotatable bonds is 3. The van der Waals surface area contributed by atoms with Crippen molar-refractivity contribution < 1.29 is 0 Å². The molecule has 0 spiro atoms. The monoisotopic (exact) mass is 243 g/mol. The van der Waals surface area contributed by atoms with Gasteiger partial charge in [-0.15, -0.1) is 14.8 Å². The Kier molecular flexibility index (Phi) is 2.51. The minimum absolute atomic E-state index is 0.625. The summed E-state index contributed by atoms with van der Waals surface area (Å²) in [5, 5.41) is 20.1. The van der Waals surface area contributed by atoms with E-state index in [1.165, 1.54) is 4.63 Å². The van der Waals surface area contributed by atoms with E-state index in [2.05, 4.69) is 45.6 Å². The molecule has 92 valence electrons. The lowest BCUT2D eigenvalue weighted by Gasteiger charge is -2.03. The van der Waals surface area contributed by atoms with Gasteiger partial charge in [-0.25, -0.2) is 4.68 Å². The van der Waals surface area contributed by atoms with Crippen molar-refractivity contribution in [3.63, 3.8) is 0 Å².